The Bertz CT molecular complexity index is 383. The van der Waals surface area contributed by atoms with Gasteiger partial charge in [-0.15, -0.1) is 0 Å². The molecule has 0 saturated carbocycles. The Balaban J connectivity index is 2.87. The van der Waals surface area contributed by atoms with Gasteiger partial charge in [0.05, 0.1) is 5.69 Å². The van der Waals surface area contributed by atoms with E-state index < -0.39 is 11.5 Å². The zero-order valence-electron chi connectivity index (χ0n) is 8.97. The molecule has 1 amide bonds. The monoisotopic (exact) mass is 271 g/mol. The molecule has 2 N–H and O–H groups in total. The van der Waals surface area contributed by atoms with Crippen molar-refractivity contribution in [3.63, 3.8) is 0 Å². The van der Waals surface area contributed by atoms with Gasteiger partial charge in [0.25, 0.3) is 5.91 Å². The summed E-state index contributed by atoms with van der Waals surface area (Å²) in [6.45, 7) is 4.86. The standard InChI is InChI=1S/C11H14BrNO2/c1-7-4-5-9(8(12)6-7)13-10(14)11(2,3)15/h4-6,15H,1-3H3,(H,13,14). The van der Waals surface area contributed by atoms with E-state index in [0.717, 1.165) is 10.0 Å². The predicted octanol–water partition coefficient (Wildman–Crippen LogP) is 2.47. The van der Waals surface area contributed by atoms with Crippen LogP contribution in [0.2, 0.25) is 0 Å². The molecule has 0 fully saturated rings. The lowest BCUT2D eigenvalue weighted by Crippen LogP contribution is -2.36. The van der Waals surface area contributed by atoms with Gasteiger partial charge < -0.3 is 10.4 Å². The highest BCUT2D eigenvalue weighted by Crippen LogP contribution is 2.24. The molecule has 0 saturated heterocycles. The topological polar surface area (TPSA) is 49.3 Å². The van der Waals surface area contributed by atoms with Gasteiger partial charge in [-0.3, -0.25) is 4.79 Å². The molecule has 0 aliphatic rings. The molecule has 0 radical (unpaired) electrons. The molecule has 82 valence electrons. The average Bonchev–Trinajstić information content (AvgIpc) is 2.08. The average molecular weight is 272 g/mol. The van der Waals surface area contributed by atoms with Crippen LogP contribution in [0.25, 0.3) is 0 Å². The summed E-state index contributed by atoms with van der Waals surface area (Å²) in [4.78, 5) is 11.5. The number of anilines is 1. The smallest absolute Gasteiger partial charge is 0.255 e. The summed E-state index contributed by atoms with van der Waals surface area (Å²) in [5.41, 5.74) is 0.389. The second-order valence-corrected chi connectivity index (χ2v) is 4.85. The fourth-order valence-electron chi connectivity index (χ4n) is 0.997. The van der Waals surface area contributed by atoms with Crippen LogP contribution in [0, 0.1) is 6.92 Å². The molecule has 0 aliphatic heterocycles. The number of hydrogen-bond donors (Lipinski definition) is 2. The number of hydrogen-bond acceptors (Lipinski definition) is 2. The number of rotatable bonds is 2. The second-order valence-electron chi connectivity index (χ2n) is 4.00. The molecule has 0 aliphatic carbocycles. The van der Waals surface area contributed by atoms with Gasteiger partial charge in [-0.05, 0) is 54.4 Å². The molecule has 1 aromatic carbocycles. The van der Waals surface area contributed by atoms with Crippen molar-refractivity contribution in [3.8, 4) is 0 Å². The first-order valence-corrected chi connectivity index (χ1v) is 5.40. The maximum absolute atomic E-state index is 11.5. The van der Waals surface area contributed by atoms with Gasteiger partial charge >= 0.3 is 0 Å². The number of benzene rings is 1. The molecule has 0 bridgehead atoms. The van der Waals surface area contributed by atoms with E-state index in [1.165, 1.54) is 13.8 Å². The number of aliphatic hydroxyl groups is 1. The molecule has 0 aromatic heterocycles. The Morgan fingerprint density at radius 2 is 2.07 bits per heavy atom. The normalized spacial score (nSPS) is 11.3. The minimum absolute atomic E-state index is 0.424. The van der Waals surface area contributed by atoms with Crippen molar-refractivity contribution in [1.29, 1.82) is 0 Å². The quantitative estimate of drug-likeness (QED) is 0.868. The van der Waals surface area contributed by atoms with Crippen molar-refractivity contribution in [3.05, 3.63) is 28.2 Å². The van der Waals surface area contributed by atoms with Crippen LogP contribution < -0.4 is 5.32 Å². The highest BCUT2D eigenvalue weighted by Gasteiger charge is 2.24. The molecule has 15 heavy (non-hydrogen) atoms. The number of carbonyl (C=O) groups is 1. The molecule has 3 nitrogen and oxygen atoms in total. The molecule has 4 heteroatoms. The highest BCUT2D eigenvalue weighted by molar-refractivity contribution is 9.10. The Morgan fingerprint density at radius 1 is 1.47 bits per heavy atom. The fourth-order valence-corrected chi connectivity index (χ4v) is 1.59. The molecule has 0 unspecified atom stereocenters. The highest BCUT2D eigenvalue weighted by atomic mass is 79.9. The maximum Gasteiger partial charge on any atom is 0.255 e. The summed E-state index contributed by atoms with van der Waals surface area (Å²) in [5.74, 6) is -0.424. The van der Waals surface area contributed by atoms with Crippen molar-refractivity contribution >= 4 is 27.5 Å². The van der Waals surface area contributed by atoms with E-state index >= 15 is 0 Å². The van der Waals surface area contributed by atoms with E-state index in [4.69, 9.17) is 0 Å². The van der Waals surface area contributed by atoms with Crippen LogP contribution in [-0.4, -0.2) is 16.6 Å². The number of carbonyl (C=O) groups excluding carboxylic acids is 1. The van der Waals surface area contributed by atoms with Crippen LogP contribution in [0.5, 0.6) is 0 Å². The van der Waals surface area contributed by atoms with E-state index in [1.54, 1.807) is 6.07 Å². The fraction of sp³-hybridized carbons (Fsp3) is 0.364. The molecule has 0 heterocycles. The summed E-state index contributed by atoms with van der Waals surface area (Å²) in [7, 11) is 0. The van der Waals surface area contributed by atoms with Gasteiger partial charge in [0.1, 0.15) is 5.60 Å². The first kappa shape index (κ1) is 12.2. The molecular weight excluding hydrogens is 258 g/mol. The Hall–Kier alpha value is -0.870. The SMILES string of the molecule is Cc1ccc(NC(=O)C(C)(C)O)c(Br)c1. The predicted molar refractivity (Wildman–Crippen MR) is 63.8 cm³/mol. The van der Waals surface area contributed by atoms with Gasteiger partial charge in [-0.25, -0.2) is 0 Å². The zero-order valence-corrected chi connectivity index (χ0v) is 10.6. The van der Waals surface area contributed by atoms with Crippen LogP contribution in [0.15, 0.2) is 22.7 Å². The minimum atomic E-state index is -1.37. The van der Waals surface area contributed by atoms with Crippen molar-refractivity contribution < 1.29 is 9.90 Å². The Morgan fingerprint density at radius 3 is 2.53 bits per heavy atom. The third-order valence-electron chi connectivity index (χ3n) is 1.93. The van der Waals surface area contributed by atoms with E-state index in [0.29, 0.717) is 5.69 Å². The summed E-state index contributed by atoms with van der Waals surface area (Å²) in [6, 6.07) is 5.59. The van der Waals surface area contributed by atoms with Gasteiger partial charge in [-0.1, -0.05) is 6.07 Å². The number of nitrogens with one attached hydrogen (secondary N) is 1. The Kier molecular flexibility index (Phi) is 3.52. The summed E-state index contributed by atoms with van der Waals surface area (Å²) >= 11 is 3.35. The van der Waals surface area contributed by atoms with E-state index in [2.05, 4.69) is 21.2 Å². The third kappa shape index (κ3) is 3.32. The number of amides is 1. The first-order valence-electron chi connectivity index (χ1n) is 4.60. The molecule has 0 spiro atoms. The lowest BCUT2D eigenvalue weighted by Gasteiger charge is -2.17. The van der Waals surface area contributed by atoms with Crippen LogP contribution in [0.1, 0.15) is 19.4 Å². The minimum Gasteiger partial charge on any atom is -0.381 e. The van der Waals surface area contributed by atoms with E-state index in [9.17, 15) is 9.90 Å². The zero-order chi connectivity index (χ0) is 11.6. The number of aryl methyl sites for hydroxylation is 1. The van der Waals surface area contributed by atoms with E-state index in [1.807, 2.05) is 19.1 Å². The summed E-state index contributed by atoms with van der Waals surface area (Å²) in [6.07, 6.45) is 0. The van der Waals surface area contributed by atoms with Crippen LogP contribution in [-0.2, 0) is 4.79 Å². The van der Waals surface area contributed by atoms with Crippen LogP contribution >= 0.6 is 15.9 Å². The lowest BCUT2D eigenvalue weighted by molar-refractivity contribution is -0.130. The largest absolute Gasteiger partial charge is 0.381 e. The van der Waals surface area contributed by atoms with Crippen molar-refractivity contribution in [1.82, 2.24) is 0 Å². The molecule has 0 atom stereocenters. The van der Waals surface area contributed by atoms with Gasteiger partial charge in [0.15, 0.2) is 0 Å². The van der Waals surface area contributed by atoms with Crippen LogP contribution in [0.4, 0.5) is 5.69 Å². The third-order valence-corrected chi connectivity index (χ3v) is 2.58. The van der Waals surface area contributed by atoms with Gasteiger partial charge in [0.2, 0.25) is 0 Å². The summed E-state index contributed by atoms with van der Waals surface area (Å²) in [5, 5.41) is 12.1. The number of halogens is 1. The second kappa shape index (κ2) is 4.33. The molecule has 1 aromatic rings. The first-order chi connectivity index (χ1) is 6.80. The lowest BCUT2D eigenvalue weighted by atomic mass is 10.1. The van der Waals surface area contributed by atoms with Gasteiger partial charge in [-0.2, -0.15) is 0 Å². The Labute approximate surface area is 97.6 Å². The molecular formula is C11H14BrNO2. The van der Waals surface area contributed by atoms with Crippen molar-refractivity contribution in [2.45, 2.75) is 26.4 Å². The van der Waals surface area contributed by atoms with E-state index in [-0.39, 0.29) is 0 Å². The molecule has 1 rings (SSSR count). The van der Waals surface area contributed by atoms with Crippen LogP contribution in [0.3, 0.4) is 0 Å². The summed E-state index contributed by atoms with van der Waals surface area (Å²) < 4.78 is 0.806. The van der Waals surface area contributed by atoms with Gasteiger partial charge in [0, 0.05) is 4.47 Å². The van der Waals surface area contributed by atoms with Crippen molar-refractivity contribution in [2.24, 2.45) is 0 Å². The van der Waals surface area contributed by atoms with Crippen molar-refractivity contribution in [2.75, 3.05) is 5.32 Å². The maximum atomic E-state index is 11.5.